The number of benzene rings is 9. The van der Waals surface area contributed by atoms with Crippen LogP contribution in [0.25, 0.3) is 110 Å². The second-order valence-electron chi connectivity index (χ2n) is 20.1. The first-order chi connectivity index (χ1) is 30.0. The predicted molar refractivity (Wildman–Crippen MR) is 265 cm³/mol. The van der Waals surface area contributed by atoms with Crippen LogP contribution in [0.15, 0.2) is 156 Å². The fraction of sp³-hybridized carbons (Fsp3) is 0.138. The maximum atomic E-state index is 6.80. The third-order valence-electron chi connectivity index (χ3n) is 14.5. The van der Waals surface area contributed by atoms with Crippen molar-refractivity contribution in [3.63, 3.8) is 0 Å². The number of para-hydroxylation sites is 2. The lowest BCUT2D eigenvalue weighted by Crippen LogP contribution is -2.59. The summed E-state index contributed by atoms with van der Waals surface area (Å²) in [6.07, 6.45) is 0. The van der Waals surface area contributed by atoms with Crippen LogP contribution in [0.2, 0.25) is 0 Å². The molecule has 0 fully saturated rings. The fourth-order valence-corrected chi connectivity index (χ4v) is 11.5. The summed E-state index contributed by atoms with van der Waals surface area (Å²) in [6.45, 7) is 14.1. The average Bonchev–Trinajstić information content (AvgIpc) is 3.92. The van der Waals surface area contributed by atoms with Gasteiger partial charge in [-0.05, 0) is 120 Å². The normalized spacial score (nSPS) is 13.6. The summed E-state index contributed by atoms with van der Waals surface area (Å²) < 4.78 is 12.1. The molecule has 9 aromatic carbocycles. The van der Waals surface area contributed by atoms with Gasteiger partial charge in [-0.25, -0.2) is 0 Å². The monoisotopic (exact) mass is 794 g/mol. The lowest BCUT2D eigenvalue weighted by atomic mass is 9.33. The number of hydrogen-bond acceptors (Lipinski definition) is 1. The highest BCUT2D eigenvalue weighted by atomic mass is 16.3. The van der Waals surface area contributed by atoms with Crippen molar-refractivity contribution in [1.82, 2.24) is 9.13 Å². The zero-order valence-corrected chi connectivity index (χ0v) is 35.8. The van der Waals surface area contributed by atoms with Crippen LogP contribution in [0, 0.1) is 0 Å². The van der Waals surface area contributed by atoms with Crippen LogP contribution in [0.3, 0.4) is 0 Å². The third-order valence-corrected chi connectivity index (χ3v) is 14.5. The van der Waals surface area contributed by atoms with Crippen molar-refractivity contribution in [3.05, 3.63) is 163 Å². The van der Waals surface area contributed by atoms with Gasteiger partial charge in [0.15, 0.2) is 0 Å². The van der Waals surface area contributed by atoms with Crippen LogP contribution in [-0.2, 0) is 10.8 Å². The number of hydrogen-bond donors (Lipinski definition) is 0. The molecular weight excluding hydrogens is 751 g/mol. The Bertz CT molecular complexity index is 4010. The highest BCUT2D eigenvalue weighted by Gasteiger charge is 2.43. The Morgan fingerprint density at radius 2 is 1.05 bits per heavy atom. The summed E-state index contributed by atoms with van der Waals surface area (Å²) in [5.41, 5.74) is 18.5. The van der Waals surface area contributed by atoms with Crippen molar-refractivity contribution in [2.24, 2.45) is 0 Å². The number of aromatic nitrogens is 2. The second-order valence-corrected chi connectivity index (χ2v) is 20.1. The largest absolute Gasteiger partial charge is 0.455 e. The lowest BCUT2D eigenvalue weighted by Gasteiger charge is -2.35. The quantitative estimate of drug-likeness (QED) is 0.152. The van der Waals surface area contributed by atoms with Crippen LogP contribution in [-0.4, -0.2) is 15.8 Å². The molecule has 294 valence electrons. The Balaban J connectivity index is 1.23. The van der Waals surface area contributed by atoms with E-state index in [2.05, 4.69) is 202 Å². The summed E-state index contributed by atoms with van der Waals surface area (Å²) in [5.74, 6) is 0. The zero-order valence-electron chi connectivity index (χ0n) is 35.8. The summed E-state index contributed by atoms with van der Waals surface area (Å²) in [4.78, 5) is 0. The molecule has 3 nitrogen and oxygen atoms in total. The molecule has 0 saturated heterocycles. The van der Waals surface area contributed by atoms with E-state index in [1.807, 2.05) is 0 Å². The first kappa shape index (κ1) is 34.7. The average molecular weight is 795 g/mol. The summed E-state index contributed by atoms with van der Waals surface area (Å²) in [7, 11) is 0. The van der Waals surface area contributed by atoms with Gasteiger partial charge < -0.3 is 13.6 Å². The molecule has 3 aromatic heterocycles. The van der Waals surface area contributed by atoms with Gasteiger partial charge in [-0.1, -0.05) is 139 Å². The minimum Gasteiger partial charge on any atom is -0.455 e. The van der Waals surface area contributed by atoms with Crippen molar-refractivity contribution < 1.29 is 4.42 Å². The van der Waals surface area contributed by atoms with Crippen LogP contribution in [0.4, 0.5) is 0 Å². The van der Waals surface area contributed by atoms with E-state index in [0.717, 1.165) is 33.1 Å². The van der Waals surface area contributed by atoms with Gasteiger partial charge in [-0.3, -0.25) is 0 Å². The molecule has 0 spiro atoms. The topological polar surface area (TPSA) is 23.0 Å². The van der Waals surface area contributed by atoms with Gasteiger partial charge in [0, 0.05) is 60.3 Å². The molecule has 0 aliphatic carbocycles. The Hall–Kier alpha value is -7.04. The molecule has 0 amide bonds. The standard InChI is InChI=1S/C58H43BN2O/c1-57(2,3)36-22-23-47-43(29-36)45-30-37(58(4,5)6)31-46-54(45)60(47)49-27-35(39-19-13-20-41-40-18-11-12-21-51(40)62-56(39)41)28-50-53(49)59(46)52-38-17-10-9-16-34(38)25-44-42-24-32-14-7-8-15-33(32)26-48(42)61(50)55(44)52/h7-31H,1-6H3. The van der Waals surface area contributed by atoms with E-state index in [4.69, 9.17) is 4.42 Å². The first-order valence-electron chi connectivity index (χ1n) is 22.1. The molecule has 4 heteroatoms. The number of furan rings is 1. The van der Waals surface area contributed by atoms with Gasteiger partial charge in [-0.15, -0.1) is 0 Å². The maximum Gasteiger partial charge on any atom is 0.253 e. The molecule has 14 rings (SSSR count). The van der Waals surface area contributed by atoms with E-state index in [9.17, 15) is 0 Å². The van der Waals surface area contributed by atoms with Crippen molar-refractivity contribution in [2.45, 2.75) is 52.4 Å². The van der Waals surface area contributed by atoms with E-state index in [0.29, 0.717) is 0 Å². The van der Waals surface area contributed by atoms with E-state index in [-0.39, 0.29) is 17.5 Å². The Labute approximate surface area is 359 Å². The third kappa shape index (κ3) is 4.37. The SMILES string of the molecule is CC(C)(C)c1ccc2c(c1)c1cc(C(C)(C)C)cc3c1n2-c1cc(-c2cccc4c2oc2ccccc24)cc2c1B3c1c3ccccc3cc3c4cc5ccccc5cc4n-2c13. The molecule has 0 bridgehead atoms. The van der Waals surface area contributed by atoms with E-state index in [1.165, 1.54) is 104 Å². The molecule has 0 atom stereocenters. The molecule has 12 aromatic rings. The van der Waals surface area contributed by atoms with Gasteiger partial charge in [-0.2, -0.15) is 0 Å². The van der Waals surface area contributed by atoms with E-state index in [1.54, 1.807) is 0 Å². The van der Waals surface area contributed by atoms with Crippen molar-refractivity contribution in [1.29, 1.82) is 0 Å². The lowest BCUT2D eigenvalue weighted by molar-refractivity contribution is 0.590. The number of fused-ring (bicyclic) bond motifs is 16. The summed E-state index contributed by atoms with van der Waals surface area (Å²) in [6, 6.07) is 57.7. The molecule has 0 N–H and O–H groups in total. The van der Waals surface area contributed by atoms with E-state index >= 15 is 0 Å². The van der Waals surface area contributed by atoms with Crippen LogP contribution < -0.4 is 16.4 Å². The smallest absolute Gasteiger partial charge is 0.253 e. The molecular formula is C58H43BN2O. The van der Waals surface area contributed by atoms with Crippen LogP contribution >= 0.6 is 0 Å². The molecule has 0 saturated carbocycles. The highest BCUT2D eigenvalue weighted by Crippen LogP contribution is 2.45. The fourth-order valence-electron chi connectivity index (χ4n) is 11.5. The minimum atomic E-state index is -0.0588. The van der Waals surface area contributed by atoms with Crippen molar-refractivity contribution >= 4 is 110 Å². The van der Waals surface area contributed by atoms with Crippen LogP contribution in [0.5, 0.6) is 0 Å². The van der Waals surface area contributed by atoms with Gasteiger partial charge in [0.25, 0.3) is 6.71 Å². The molecule has 5 heterocycles. The highest BCUT2D eigenvalue weighted by molar-refractivity contribution is 7.01. The van der Waals surface area contributed by atoms with Gasteiger partial charge in [0.2, 0.25) is 0 Å². The predicted octanol–water partition coefficient (Wildman–Crippen LogP) is 13.5. The zero-order chi connectivity index (χ0) is 41.6. The Morgan fingerprint density at radius 1 is 0.435 bits per heavy atom. The van der Waals surface area contributed by atoms with Gasteiger partial charge >= 0.3 is 0 Å². The number of rotatable bonds is 1. The van der Waals surface area contributed by atoms with E-state index < -0.39 is 0 Å². The van der Waals surface area contributed by atoms with Crippen molar-refractivity contribution in [3.8, 4) is 22.5 Å². The Morgan fingerprint density at radius 3 is 1.82 bits per heavy atom. The second kappa shape index (κ2) is 11.5. The minimum absolute atomic E-state index is 0.000398. The molecule has 2 aliphatic rings. The Kier molecular flexibility index (Phi) is 6.40. The summed E-state index contributed by atoms with van der Waals surface area (Å²) in [5, 5.41) is 12.6. The van der Waals surface area contributed by atoms with Gasteiger partial charge in [0.1, 0.15) is 11.2 Å². The molecule has 0 radical (unpaired) electrons. The number of nitrogens with zero attached hydrogens (tertiary/aromatic N) is 2. The van der Waals surface area contributed by atoms with Gasteiger partial charge in [0.05, 0.1) is 11.0 Å². The first-order valence-corrected chi connectivity index (χ1v) is 22.1. The van der Waals surface area contributed by atoms with Crippen LogP contribution in [0.1, 0.15) is 52.7 Å². The molecule has 0 unspecified atom stereocenters. The molecule has 62 heavy (non-hydrogen) atoms. The summed E-state index contributed by atoms with van der Waals surface area (Å²) >= 11 is 0. The van der Waals surface area contributed by atoms with Crippen molar-refractivity contribution in [2.75, 3.05) is 0 Å². The maximum absolute atomic E-state index is 6.80. The molecule has 2 aliphatic heterocycles.